The molecular formula is C17H16N2O4. The summed E-state index contributed by atoms with van der Waals surface area (Å²) in [5.74, 6) is 0.669. The summed E-state index contributed by atoms with van der Waals surface area (Å²) in [6.45, 7) is 1.53. The Morgan fingerprint density at radius 3 is 2.70 bits per heavy atom. The molecule has 0 amide bonds. The number of benzene rings is 1. The normalized spacial score (nSPS) is 10.7. The summed E-state index contributed by atoms with van der Waals surface area (Å²) in [7, 11) is 0. The molecule has 0 spiro atoms. The third kappa shape index (κ3) is 3.17. The van der Waals surface area contributed by atoms with Gasteiger partial charge < -0.3 is 14.3 Å². The van der Waals surface area contributed by atoms with Crippen LogP contribution in [-0.4, -0.2) is 34.1 Å². The fraction of sp³-hybridized carbons (Fsp3) is 0.176. The Morgan fingerprint density at radius 1 is 1.26 bits per heavy atom. The van der Waals surface area contributed by atoms with Gasteiger partial charge in [-0.25, -0.2) is 9.48 Å². The number of esters is 1. The van der Waals surface area contributed by atoms with E-state index in [1.165, 1.54) is 0 Å². The van der Waals surface area contributed by atoms with Gasteiger partial charge in [0.05, 0.1) is 12.3 Å². The molecule has 0 radical (unpaired) electrons. The van der Waals surface area contributed by atoms with E-state index in [2.05, 4.69) is 5.10 Å². The van der Waals surface area contributed by atoms with Crippen molar-refractivity contribution in [2.45, 2.75) is 6.92 Å². The highest BCUT2D eigenvalue weighted by molar-refractivity contribution is 5.95. The second kappa shape index (κ2) is 6.50. The molecule has 2 aromatic heterocycles. The number of carbonyl (C=O) groups excluding carboxylic acids is 1. The molecule has 0 saturated heterocycles. The van der Waals surface area contributed by atoms with Crippen molar-refractivity contribution in [1.82, 2.24) is 9.78 Å². The summed E-state index contributed by atoms with van der Waals surface area (Å²) < 4.78 is 12.2. The minimum Gasteiger partial charge on any atom is -0.460 e. The van der Waals surface area contributed by atoms with Gasteiger partial charge in [-0.2, -0.15) is 5.10 Å². The molecular weight excluding hydrogens is 296 g/mol. The zero-order valence-electron chi connectivity index (χ0n) is 12.6. The third-order valence-corrected chi connectivity index (χ3v) is 3.25. The molecule has 2 heterocycles. The highest BCUT2D eigenvalue weighted by Gasteiger charge is 2.21. The number of hydrogen-bond donors (Lipinski definition) is 1. The monoisotopic (exact) mass is 312 g/mol. The quantitative estimate of drug-likeness (QED) is 0.733. The van der Waals surface area contributed by atoms with Crippen molar-refractivity contribution in [2.75, 3.05) is 13.2 Å². The number of furan rings is 1. The van der Waals surface area contributed by atoms with Crippen LogP contribution in [0, 0.1) is 6.92 Å². The molecule has 3 aromatic rings. The number of aliphatic hydroxyl groups excluding tert-OH is 1. The Morgan fingerprint density at radius 2 is 2.04 bits per heavy atom. The number of nitrogens with zero attached hydrogens (tertiary/aromatic N) is 2. The molecule has 6 nitrogen and oxygen atoms in total. The Balaban J connectivity index is 2.05. The van der Waals surface area contributed by atoms with Gasteiger partial charge in [-0.15, -0.1) is 0 Å². The zero-order chi connectivity index (χ0) is 16.2. The van der Waals surface area contributed by atoms with Gasteiger partial charge in [0.25, 0.3) is 0 Å². The van der Waals surface area contributed by atoms with Gasteiger partial charge in [0.15, 0.2) is 5.76 Å². The maximum absolute atomic E-state index is 12.2. The van der Waals surface area contributed by atoms with E-state index >= 15 is 0 Å². The van der Waals surface area contributed by atoms with Crippen LogP contribution in [-0.2, 0) is 4.74 Å². The van der Waals surface area contributed by atoms with E-state index in [0.717, 1.165) is 11.4 Å². The largest absolute Gasteiger partial charge is 0.460 e. The van der Waals surface area contributed by atoms with E-state index in [9.17, 15) is 4.79 Å². The smallest absolute Gasteiger partial charge is 0.342 e. The molecule has 118 valence electrons. The SMILES string of the molecule is Cc1ccc(-c2nn(-c3ccccc3)cc2C(=O)OCCO)o1. The molecule has 0 bridgehead atoms. The molecule has 0 atom stereocenters. The number of aryl methyl sites for hydroxylation is 1. The summed E-state index contributed by atoms with van der Waals surface area (Å²) in [6, 6.07) is 13.0. The number of hydrogen-bond acceptors (Lipinski definition) is 5. The molecule has 0 saturated carbocycles. The minimum absolute atomic E-state index is 0.0635. The van der Waals surface area contributed by atoms with Crippen molar-refractivity contribution in [3.63, 3.8) is 0 Å². The van der Waals surface area contributed by atoms with Gasteiger partial charge >= 0.3 is 5.97 Å². The first-order valence-corrected chi connectivity index (χ1v) is 7.19. The van der Waals surface area contributed by atoms with Gasteiger partial charge in [0.2, 0.25) is 0 Å². The predicted octanol–water partition coefficient (Wildman–Crippen LogP) is 2.59. The van der Waals surface area contributed by atoms with Crippen LogP contribution in [0.1, 0.15) is 16.1 Å². The van der Waals surface area contributed by atoms with Crippen molar-refractivity contribution in [3.05, 3.63) is 60.0 Å². The van der Waals surface area contributed by atoms with E-state index in [1.54, 1.807) is 23.0 Å². The van der Waals surface area contributed by atoms with Crippen LogP contribution >= 0.6 is 0 Å². The first kappa shape index (κ1) is 15.1. The molecule has 6 heteroatoms. The number of aliphatic hydroxyl groups is 1. The molecule has 0 aliphatic heterocycles. The predicted molar refractivity (Wildman–Crippen MR) is 83.4 cm³/mol. The lowest BCUT2D eigenvalue weighted by molar-refractivity contribution is 0.0434. The lowest BCUT2D eigenvalue weighted by Crippen LogP contribution is -2.09. The van der Waals surface area contributed by atoms with Crippen LogP contribution in [0.4, 0.5) is 0 Å². The van der Waals surface area contributed by atoms with E-state index in [1.807, 2.05) is 37.3 Å². The number of para-hydroxylation sites is 1. The van der Waals surface area contributed by atoms with Gasteiger partial charge in [0, 0.05) is 6.20 Å². The Bertz CT molecular complexity index is 805. The number of aromatic nitrogens is 2. The number of carbonyl (C=O) groups is 1. The molecule has 0 aliphatic carbocycles. The van der Waals surface area contributed by atoms with Crippen molar-refractivity contribution in [2.24, 2.45) is 0 Å². The van der Waals surface area contributed by atoms with Crippen LogP contribution < -0.4 is 0 Å². The molecule has 0 unspecified atom stereocenters. The lowest BCUT2D eigenvalue weighted by atomic mass is 10.2. The van der Waals surface area contributed by atoms with Crippen molar-refractivity contribution in [1.29, 1.82) is 0 Å². The summed E-state index contributed by atoms with van der Waals surface area (Å²) in [4.78, 5) is 12.2. The van der Waals surface area contributed by atoms with Crippen molar-refractivity contribution < 1.29 is 19.1 Å². The first-order valence-electron chi connectivity index (χ1n) is 7.19. The summed E-state index contributed by atoms with van der Waals surface area (Å²) in [5.41, 5.74) is 1.51. The van der Waals surface area contributed by atoms with Gasteiger partial charge in [-0.05, 0) is 31.2 Å². The number of rotatable bonds is 5. The minimum atomic E-state index is -0.551. The molecule has 23 heavy (non-hydrogen) atoms. The fourth-order valence-corrected chi connectivity index (χ4v) is 2.20. The van der Waals surface area contributed by atoms with Crippen molar-refractivity contribution in [3.8, 4) is 17.1 Å². The van der Waals surface area contributed by atoms with E-state index < -0.39 is 5.97 Å². The van der Waals surface area contributed by atoms with Crippen molar-refractivity contribution >= 4 is 5.97 Å². The summed E-state index contributed by atoms with van der Waals surface area (Å²) in [6.07, 6.45) is 1.60. The number of ether oxygens (including phenoxy) is 1. The average molecular weight is 312 g/mol. The maximum Gasteiger partial charge on any atom is 0.342 e. The molecule has 0 fully saturated rings. The highest BCUT2D eigenvalue weighted by atomic mass is 16.5. The fourth-order valence-electron chi connectivity index (χ4n) is 2.20. The third-order valence-electron chi connectivity index (χ3n) is 3.25. The first-order chi connectivity index (χ1) is 11.2. The second-order valence-corrected chi connectivity index (χ2v) is 4.94. The Labute approximate surface area is 132 Å². The highest BCUT2D eigenvalue weighted by Crippen LogP contribution is 2.26. The van der Waals surface area contributed by atoms with Crippen LogP contribution in [0.15, 0.2) is 53.1 Å². The summed E-state index contributed by atoms with van der Waals surface area (Å²) in [5, 5.41) is 13.3. The Hall–Kier alpha value is -2.86. The maximum atomic E-state index is 12.2. The lowest BCUT2D eigenvalue weighted by Gasteiger charge is -2.01. The van der Waals surface area contributed by atoms with Crippen LogP contribution in [0.25, 0.3) is 17.1 Å². The van der Waals surface area contributed by atoms with Crippen LogP contribution in [0.5, 0.6) is 0 Å². The van der Waals surface area contributed by atoms with Crippen LogP contribution in [0.3, 0.4) is 0 Å². The molecule has 1 N–H and O–H groups in total. The topological polar surface area (TPSA) is 77.5 Å². The summed E-state index contributed by atoms with van der Waals surface area (Å²) >= 11 is 0. The second-order valence-electron chi connectivity index (χ2n) is 4.94. The van der Waals surface area contributed by atoms with E-state index in [0.29, 0.717) is 11.5 Å². The van der Waals surface area contributed by atoms with Gasteiger partial charge in [0.1, 0.15) is 23.6 Å². The Kier molecular flexibility index (Phi) is 4.25. The zero-order valence-corrected chi connectivity index (χ0v) is 12.6. The van der Waals surface area contributed by atoms with E-state index in [-0.39, 0.29) is 18.8 Å². The van der Waals surface area contributed by atoms with Gasteiger partial charge in [-0.1, -0.05) is 18.2 Å². The average Bonchev–Trinajstić information content (AvgIpc) is 3.19. The van der Waals surface area contributed by atoms with E-state index in [4.69, 9.17) is 14.3 Å². The van der Waals surface area contributed by atoms with Crippen LogP contribution in [0.2, 0.25) is 0 Å². The molecule has 3 rings (SSSR count). The molecule has 1 aromatic carbocycles. The molecule has 0 aliphatic rings. The standard InChI is InChI=1S/C17H16N2O4/c1-12-7-8-15(23-12)16-14(17(21)22-10-9-20)11-19(18-16)13-5-3-2-4-6-13/h2-8,11,20H,9-10H2,1H3. The van der Waals surface area contributed by atoms with Gasteiger partial charge in [-0.3, -0.25) is 0 Å².